The fraction of sp³-hybridized carbons (Fsp3) is 0.556. The van der Waals surface area contributed by atoms with E-state index >= 15 is 0 Å². The van der Waals surface area contributed by atoms with E-state index < -0.39 is 0 Å². The molecule has 2 fully saturated rings. The molecule has 2 bridgehead atoms. The highest BCUT2D eigenvalue weighted by molar-refractivity contribution is 5.94. The molecule has 0 aromatic heterocycles. The third-order valence-electron chi connectivity index (χ3n) is 6.10. The number of phenols is 1. The van der Waals surface area contributed by atoms with Gasteiger partial charge in [-0.25, -0.2) is 0 Å². The van der Waals surface area contributed by atoms with Crippen LogP contribution in [0.25, 0.3) is 0 Å². The summed E-state index contributed by atoms with van der Waals surface area (Å²) in [5, 5.41) is 18.4. The van der Waals surface area contributed by atoms with Gasteiger partial charge in [-0.1, -0.05) is 20.8 Å². The van der Waals surface area contributed by atoms with Crippen molar-refractivity contribution < 1.29 is 9.84 Å². The zero-order chi connectivity index (χ0) is 16.0. The van der Waals surface area contributed by atoms with E-state index in [1.807, 2.05) is 0 Å². The van der Waals surface area contributed by atoms with E-state index in [-0.39, 0.29) is 11.2 Å². The summed E-state index contributed by atoms with van der Waals surface area (Å²) in [5.74, 6) is 1.32. The fourth-order valence-corrected chi connectivity index (χ4v) is 4.02. The van der Waals surface area contributed by atoms with Gasteiger partial charge in [0.2, 0.25) is 0 Å². The van der Waals surface area contributed by atoms with Gasteiger partial charge in [0.05, 0.1) is 13.3 Å². The largest absolute Gasteiger partial charge is 0.504 e. The lowest BCUT2D eigenvalue weighted by Gasteiger charge is -2.34. The van der Waals surface area contributed by atoms with Crippen molar-refractivity contribution in [1.29, 1.82) is 0 Å². The number of hydrogen-bond donors (Lipinski definition) is 1. The Kier molecular flexibility index (Phi) is 3.50. The first-order chi connectivity index (χ1) is 10.4. The Morgan fingerprint density at radius 2 is 2.09 bits per heavy atom. The molecule has 1 aromatic rings. The Hall–Kier alpha value is -1.84. The average molecular weight is 300 g/mol. The predicted octanol–water partition coefficient (Wildman–Crippen LogP) is 4.02. The number of fused-ring (bicyclic) bond motifs is 2. The summed E-state index contributed by atoms with van der Waals surface area (Å²) in [6.07, 6.45) is 5.31. The summed E-state index contributed by atoms with van der Waals surface area (Å²) in [7, 11) is 1.54. The maximum atomic E-state index is 9.60. The Bertz CT molecular complexity index is 648. The Labute approximate surface area is 131 Å². The van der Waals surface area contributed by atoms with E-state index in [0.717, 1.165) is 17.9 Å². The maximum Gasteiger partial charge on any atom is 0.161 e. The minimum Gasteiger partial charge on any atom is -0.504 e. The van der Waals surface area contributed by atoms with Gasteiger partial charge in [0.25, 0.3) is 0 Å². The molecule has 4 heteroatoms. The highest BCUT2D eigenvalue weighted by atomic mass is 16.5. The van der Waals surface area contributed by atoms with Gasteiger partial charge in [0.15, 0.2) is 11.5 Å². The maximum absolute atomic E-state index is 9.60. The van der Waals surface area contributed by atoms with Crippen LogP contribution in [0.3, 0.4) is 0 Å². The highest BCUT2D eigenvalue weighted by Crippen LogP contribution is 2.63. The van der Waals surface area contributed by atoms with Crippen LogP contribution in [0.4, 0.5) is 0 Å². The van der Waals surface area contributed by atoms with Gasteiger partial charge in [-0.3, -0.25) is 0 Å². The molecule has 4 nitrogen and oxygen atoms in total. The molecular formula is C18H24N2O2. The van der Waals surface area contributed by atoms with E-state index in [4.69, 9.17) is 4.74 Å². The van der Waals surface area contributed by atoms with Crippen molar-refractivity contribution in [1.82, 2.24) is 0 Å². The zero-order valence-electron chi connectivity index (χ0n) is 13.8. The van der Waals surface area contributed by atoms with E-state index in [2.05, 4.69) is 31.0 Å². The van der Waals surface area contributed by atoms with Crippen molar-refractivity contribution in [3.63, 3.8) is 0 Å². The Morgan fingerprint density at radius 1 is 1.32 bits per heavy atom. The first-order valence-corrected chi connectivity index (χ1v) is 7.86. The van der Waals surface area contributed by atoms with Crippen LogP contribution in [0.15, 0.2) is 28.4 Å². The molecule has 2 atom stereocenters. The lowest BCUT2D eigenvalue weighted by Crippen LogP contribution is -2.32. The van der Waals surface area contributed by atoms with E-state index in [1.54, 1.807) is 24.4 Å². The summed E-state index contributed by atoms with van der Waals surface area (Å²) in [5.41, 5.74) is 2.60. The molecule has 118 valence electrons. The number of rotatable bonds is 3. The summed E-state index contributed by atoms with van der Waals surface area (Å²) < 4.78 is 5.10. The minimum absolute atomic E-state index is 0.133. The summed E-state index contributed by atoms with van der Waals surface area (Å²) in [4.78, 5) is 0. The van der Waals surface area contributed by atoms with Crippen molar-refractivity contribution >= 4 is 11.9 Å². The van der Waals surface area contributed by atoms with Crippen LogP contribution in [0.1, 0.15) is 45.6 Å². The zero-order valence-corrected chi connectivity index (χ0v) is 13.8. The standard InChI is InChI=1S/C18H24N2O2/c1-17(2)13-7-8-18(17,3)16(10-13)20-19-11-12-5-6-14(21)15(9-12)22-4/h5-6,9,11,13,21H,7-8,10H2,1-4H3/b19-11+,20-16?. The quantitative estimate of drug-likeness (QED) is 0.677. The second-order valence-electron chi connectivity index (χ2n) is 7.22. The molecule has 0 amide bonds. The van der Waals surface area contributed by atoms with Crippen molar-refractivity contribution in [2.45, 2.75) is 40.0 Å². The van der Waals surface area contributed by atoms with Crippen LogP contribution in [-0.4, -0.2) is 24.1 Å². The van der Waals surface area contributed by atoms with Crippen molar-refractivity contribution in [3.05, 3.63) is 23.8 Å². The molecule has 3 rings (SSSR count). The Morgan fingerprint density at radius 3 is 2.68 bits per heavy atom. The number of benzene rings is 1. The minimum atomic E-state index is 0.133. The smallest absolute Gasteiger partial charge is 0.161 e. The number of ether oxygens (including phenoxy) is 1. The number of phenolic OH excluding ortho intramolecular Hbond substituents is 1. The van der Waals surface area contributed by atoms with E-state index in [9.17, 15) is 5.11 Å². The van der Waals surface area contributed by atoms with Gasteiger partial charge in [-0.15, -0.1) is 0 Å². The monoisotopic (exact) mass is 300 g/mol. The first-order valence-electron chi connectivity index (χ1n) is 7.86. The van der Waals surface area contributed by atoms with Crippen LogP contribution >= 0.6 is 0 Å². The van der Waals surface area contributed by atoms with Crippen molar-refractivity contribution in [3.8, 4) is 11.5 Å². The molecule has 2 unspecified atom stereocenters. The third-order valence-corrected chi connectivity index (χ3v) is 6.10. The topological polar surface area (TPSA) is 54.2 Å². The van der Waals surface area contributed by atoms with Crippen LogP contribution in [0, 0.1) is 16.7 Å². The van der Waals surface area contributed by atoms with Crippen molar-refractivity contribution in [2.24, 2.45) is 27.0 Å². The van der Waals surface area contributed by atoms with Gasteiger partial charge in [0.1, 0.15) is 0 Å². The average Bonchev–Trinajstić information content (AvgIpc) is 2.82. The predicted molar refractivity (Wildman–Crippen MR) is 88.9 cm³/mol. The molecular weight excluding hydrogens is 276 g/mol. The molecule has 1 aromatic carbocycles. The van der Waals surface area contributed by atoms with Gasteiger partial charge < -0.3 is 9.84 Å². The van der Waals surface area contributed by atoms with Crippen LogP contribution in [0.5, 0.6) is 11.5 Å². The highest BCUT2D eigenvalue weighted by Gasteiger charge is 2.59. The molecule has 2 saturated carbocycles. The van der Waals surface area contributed by atoms with Gasteiger partial charge >= 0.3 is 0 Å². The number of aromatic hydroxyl groups is 1. The Balaban J connectivity index is 1.81. The number of methoxy groups -OCH3 is 1. The fourth-order valence-electron chi connectivity index (χ4n) is 4.02. The van der Waals surface area contributed by atoms with Gasteiger partial charge in [-0.05, 0) is 54.4 Å². The molecule has 1 N–H and O–H groups in total. The summed E-state index contributed by atoms with van der Waals surface area (Å²) in [6, 6.07) is 5.16. The number of hydrogen-bond acceptors (Lipinski definition) is 4. The normalized spacial score (nSPS) is 31.3. The number of nitrogens with zero attached hydrogens (tertiary/aromatic N) is 2. The van der Waals surface area contributed by atoms with E-state index in [1.165, 1.54) is 25.7 Å². The van der Waals surface area contributed by atoms with Crippen LogP contribution in [0.2, 0.25) is 0 Å². The molecule has 0 aliphatic heterocycles. The SMILES string of the molecule is COc1cc(/C=N/N=C2CC3CCC2(C)C3(C)C)ccc1O. The molecule has 0 spiro atoms. The summed E-state index contributed by atoms with van der Waals surface area (Å²) in [6.45, 7) is 7.06. The van der Waals surface area contributed by atoms with E-state index in [0.29, 0.717) is 11.2 Å². The third kappa shape index (κ3) is 2.13. The molecule has 2 aliphatic carbocycles. The lowest BCUT2D eigenvalue weighted by molar-refractivity contribution is 0.194. The first kappa shape index (κ1) is 15.1. The van der Waals surface area contributed by atoms with Crippen LogP contribution in [-0.2, 0) is 0 Å². The molecule has 2 aliphatic rings. The molecule has 0 radical (unpaired) electrons. The summed E-state index contributed by atoms with van der Waals surface area (Å²) >= 11 is 0. The van der Waals surface area contributed by atoms with Crippen molar-refractivity contribution in [2.75, 3.05) is 7.11 Å². The molecule has 0 heterocycles. The molecule has 0 saturated heterocycles. The van der Waals surface area contributed by atoms with Crippen LogP contribution < -0.4 is 4.74 Å². The second kappa shape index (κ2) is 5.11. The second-order valence-corrected chi connectivity index (χ2v) is 7.22. The lowest BCUT2D eigenvalue weighted by atomic mass is 9.70. The molecule has 22 heavy (non-hydrogen) atoms. The van der Waals surface area contributed by atoms with Gasteiger partial charge in [-0.2, -0.15) is 10.2 Å². The van der Waals surface area contributed by atoms with Gasteiger partial charge in [0, 0.05) is 11.1 Å².